The molecule has 2 aliphatic rings. The summed E-state index contributed by atoms with van der Waals surface area (Å²) in [5.41, 5.74) is 3.55. The molecule has 0 unspecified atom stereocenters. The fourth-order valence-electron chi connectivity index (χ4n) is 4.60. The average Bonchev–Trinajstić information content (AvgIpc) is 2.89. The van der Waals surface area contributed by atoms with Gasteiger partial charge in [0.25, 0.3) is 5.91 Å². The number of amides is 1. The van der Waals surface area contributed by atoms with Crippen LogP contribution in [0.2, 0.25) is 0 Å². The number of ether oxygens (including phenoxy) is 2. The number of nitrogens with zero attached hydrogens (tertiary/aromatic N) is 4. The molecule has 34 heavy (non-hydrogen) atoms. The SMILES string of the molecule is COc1ccc(Oc2nc(N3CCCCC3)nc3c2CN(C(=O)c2ccccc2C)CC3)cc1. The number of benzene rings is 2. The lowest BCUT2D eigenvalue weighted by Crippen LogP contribution is -2.38. The number of hydrogen-bond acceptors (Lipinski definition) is 6. The Hall–Kier alpha value is -3.61. The number of carbonyl (C=O) groups excluding carboxylic acids is 1. The van der Waals surface area contributed by atoms with Crippen molar-refractivity contribution < 1.29 is 14.3 Å². The molecule has 3 aromatic rings. The first-order valence-electron chi connectivity index (χ1n) is 11.9. The Kier molecular flexibility index (Phi) is 6.34. The Morgan fingerprint density at radius 2 is 1.65 bits per heavy atom. The van der Waals surface area contributed by atoms with Crippen molar-refractivity contribution in [1.29, 1.82) is 0 Å². The van der Waals surface area contributed by atoms with Gasteiger partial charge in [0, 0.05) is 31.6 Å². The van der Waals surface area contributed by atoms with E-state index in [0.717, 1.165) is 60.0 Å². The predicted molar refractivity (Wildman–Crippen MR) is 131 cm³/mol. The number of rotatable bonds is 5. The third-order valence-electron chi connectivity index (χ3n) is 6.59. The lowest BCUT2D eigenvalue weighted by Gasteiger charge is -2.32. The summed E-state index contributed by atoms with van der Waals surface area (Å²) in [5, 5.41) is 0. The monoisotopic (exact) mass is 458 g/mol. The van der Waals surface area contributed by atoms with Gasteiger partial charge in [-0.25, -0.2) is 4.98 Å². The van der Waals surface area contributed by atoms with E-state index in [4.69, 9.17) is 19.4 Å². The highest BCUT2D eigenvalue weighted by atomic mass is 16.5. The van der Waals surface area contributed by atoms with Gasteiger partial charge >= 0.3 is 0 Å². The summed E-state index contributed by atoms with van der Waals surface area (Å²) in [7, 11) is 1.64. The van der Waals surface area contributed by atoms with Crippen molar-refractivity contribution in [1.82, 2.24) is 14.9 Å². The summed E-state index contributed by atoms with van der Waals surface area (Å²) in [4.78, 5) is 27.2. The normalized spacial score (nSPS) is 15.6. The van der Waals surface area contributed by atoms with Gasteiger partial charge in [-0.1, -0.05) is 18.2 Å². The summed E-state index contributed by atoms with van der Waals surface area (Å²) in [6.45, 7) is 4.93. The van der Waals surface area contributed by atoms with Crippen LogP contribution in [0.25, 0.3) is 0 Å². The Bertz CT molecular complexity index is 1170. The van der Waals surface area contributed by atoms with Crippen LogP contribution in [0.4, 0.5) is 5.95 Å². The highest BCUT2D eigenvalue weighted by Crippen LogP contribution is 2.33. The maximum absolute atomic E-state index is 13.3. The quantitative estimate of drug-likeness (QED) is 0.548. The smallest absolute Gasteiger partial charge is 0.254 e. The molecule has 0 N–H and O–H groups in total. The van der Waals surface area contributed by atoms with Crippen LogP contribution in [0.15, 0.2) is 48.5 Å². The summed E-state index contributed by atoms with van der Waals surface area (Å²) >= 11 is 0. The molecule has 1 aromatic heterocycles. The molecule has 1 amide bonds. The lowest BCUT2D eigenvalue weighted by atomic mass is 10.0. The molecule has 5 rings (SSSR count). The largest absolute Gasteiger partial charge is 0.497 e. The third kappa shape index (κ3) is 4.55. The van der Waals surface area contributed by atoms with Crippen molar-refractivity contribution in [3.05, 3.63) is 70.9 Å². The minimum absolute atomic E-state index is 0.0271. The van der Waals surface area contributed by atoms with Crippen molar-refractivity contribution in [2.24, 2.45) is 0 Å². The molecule has 0 radical (unpaired) electrons. The van der Waals surface area contributed by atoms with Gasteiger partial charge in [0.2, 0.25) is 11.8 Å². The summed E-state index contributed by atoms with van der Waals surface area (Å²) in [5.74, 6) is 2.72. The molecule has 0 spiro atoms. The van der Waals surface area contributed by atoms with Crippen LogP contribution in [0, 0.1) is 6.92 Å². The fraction of sp³-hybridized carbons (Fsp3) is 0.370. The average molecular weight is 459 g/mol. The van der Waals surface area contributed by atoms with Crippen LogP contribution in [-0.2, 0) is 13.0 Å². The van der Waals surface area contributed by atoms with E-state index in [0.29, 0.717) is 31.1 Å². The van der Waals surface area contributed by atoms with E-state index >= 15 is 0 Å². The van der Waals surface area contributed by atoms with Crippen LogP contribution < -0.4 is 14.4 Å². The van der Waals surface area contributed by atoms with Gasteiger partial charge in [-0.15, -0.1) is 0 Å². The highest BCUT2D eigenvalue weighted by Gasteiger charge is 2.29. The van der Waals surface area contributed by atoms with E-state index in [1.54, 1.807) is 7.11 Å². The van der Waals surface area contributed by atoms with Crippen molar-refractivity contribution in [2.45, 2.75) is 39.2 Å². The molecule has 2 aliphatic heterocycles. The molecule has 0 aliphatic carbocycles. The number of piperidine rings is 1. The van der Waals surface area contributed by atoms with Gasteiger partial charge in [-0.2, -0.15) is 4.98 Å². The van der Waals surface area contributed by atoms with E-state index in [2.05, 4.69) is 4.90 Å². The molecule has 1 fully saturated rings. The predicted octanol–water partition coefficient (Wildman–Crippen LogP) is 4.77. The standard InChI is InChI=1S/C27H30N4O3/c1-19-8-4-5-9-22(19)26(32)31-17-14-24-23(18-31)25(34-21-12-10-20(33-2)11-13-21)29-27(28-24)30-15-6-3-7-16-30/h4-5,8-13H,3,6-7,14-18H2,1-2H3. The second-order valence-electron chi connectivity index (χ2n) is 8.87. The topological polar surface area (TPSA) is 67.8 Å². The van der Waals surface area contributed by atoms with E-state index in [-0.39, 0.29) is 5.91 Å². The van der Waals surface area contributed by atoms with Crippen LogP contribution in [0.5, 0.6) is 17.4 Å². The highest BCUT2D eigenvalue weighted by molar-refractivity contribution is 5.95. The second kappa shape index (κ2) is 9.71. The van der Waals surface area contributed by atoms with Gasteiger partial charge in [0.1, 0.15) is 11.5 Å². The first kappa shape index (κ1) is 22.2. The van der Waals surface area contributed by atoms with Gasteiger partial charge in [0.05, 0.1) is 24.9 Å². The number of fused-ring (bicyclic) bond motifs is 1. The number of aryl methyl sites for hydroxylation is 1. The first-order chi connectivity index (χ1) is 16.6. The Morgan fingerprint density at radius 1 is 0.912 bits per heavy atom. The van der Waals surface area contributed by atoms with Crippen molar-refractivity contribution >= 4 is 11.9 Å². The maximum atomic E-state index is 13.3. The molecule has 0 saturated carbocycles. The molecule has 7 nitrogen and oxygen atoms in total. The van der Waals surface area contributed by atoms with Gasteiger partial charge in [-0.3, -0.25) is 4.79 Å². The second-order valence-corrected chi connectivity index (χ2v) is 8.87. The molecule has 1 saturated heterocycles. The van der Waals surface area contributed by atoms with Gasteiger partial charge in [-0.05, 0) is 62.1 Å². The van der Waals surface area contributed by atoms with Crippen molar-refractivity contribution in [3.8, 4) is 17.4 Å². The minimum atomic E-state index is 0.0271. The number of carbonyl (C=O) groups is 1. The van der Waals surface area contributed by atoms with E-state index < -0.39 is 0 Å². The molecule has 176 valence electrons. The van der Waals surface area contributed by atoms with Gasteiger partial charge in [0.15, 0.2) is 0 Å². The molecule has 0 bridgehead atoms. The maximum Gasteiger partial charge on any atom is 0.254 e. The number of hydrogen-bond donors (Lipinski definition) is 0. The molecule has 0 atom stereocenters. The van der Waals surface area contributed by atoms with Crippen molar-refractivity contribution in [2.75, 3.05) is 31.6 Å². The molecular formula is C27H30N4O3. The van der Waals surface area contributed by atoms with Gasteiger partial charge < -0.3 is 19.3 Å². The van der Waals surface area contributed by atoms with Crippen LogP contribution in [-0.4, -0.2) is 47.5 Å². The Labute approximate surface area is 200 Å². The third-order valence-corrected chi connectivity index (χ3v) is 6.59. The first-order valence-corrected chi connectivity index (χ1v) is 11.9. The zero-order valence-electron chi connectivity index (χ0n) is 19.8. The van der Waals surface area contributed by atoms with Crippen LogP contribution >= 0.6 is 0 Å². The van der Waals surface area contributed by atoms with E-state index in [9.17, 15) is 4.79 Å². The van der Waals surface area contributed by atoms with E-state index in [1.807, 2.05) is 60.4 Å². The fourth-order valence-corrected chi connectivity index (χ4v) is 4.60. The number of aromatic nitrogens is 2. The number of anilines is 1. The van der Waals surface area contributed by atoms with E-state index in [1.165, 1.54) is 6.42 Å². The molecule has 3 heterocycles. The van der Waals surface area contributed by atoms with Crippen LogP contribution in [0.3, 0.4) is 0 Å². The minimum Gasteiger partial charge on any atom is -0.497 e. The molecule has 7 heteroatoms. The summed E-state index contributed by atoms with van der Waals surface area (Å²) in [6.07, 6.45) is 4.21. The Morgan fingerprint density at radius 3 is 2.38 bits per heavy atom. The summed E-state index contributed by atoms with van der Waals surface area (Å²) < 4.78 is 11.6. The van der Waals surface area contributed by atoms with Crippen LogP contribution in [0.1, 0.15) is 46.4 Å². The Balaban J connectivity index is 1.48. The summed E-state index contributed by atoms with van der Waals surface area (Å²) in [6, 6.07) is 15.2. The zero-order valence-corrected chi connectivity index (χ0v) is 19.8. The lowest BCUT2D eigenvalue weighted by molar-refractivity contribution is 0.0731. The molecule has 2 aromatic carbocycles. The van der Waals surface area contributed by atoms with Crippen molar-refractivity contribution in [3.63, 3.8) is 0 Å². The molecular weight excluding hydrogens is 428 g/mol. The zero-order chi connectivity index (χ0) is 23.5. The number of methoxy groups -OCH3 is 1.